The highest BCUT2D eigenvalue weighted by molar-refractivity contribution is 5.92. The second-order valence-corrected chi connectivity index (χ2v) is 1.68. The van der Waals surface area contributed by atoms with Gasteiger partial charge in [-0.25, -0.2) is 0 Å². The second-order valence-electron chi connectivity index (χ2n) is 1.68. The molecule has 0 radical (unpaired) electrons. The molecule has 0 aromatic carbocycles. The maximum atomic E-state index is 10.4. The molecule has 1 aliphatic rings. The molecule has 5 nitrogen and oxygen atoms in total. The number of carbonyl (C=O) groups excluding carboxylic acids is 1. The normalized spacial score (nSPS) is 16.9. The van der Waals surface area contributed by atoms with Gasteiger partial charge in [-0.2, -0.15) is 0 Å². The molecular formula is C4H8N4O. The van der Waals surface area contributed by atoms with Gasteiger partial charge < -0.3 is 22.1 Å². The van der Waals surface area contributed by atoms with Crippen LogP contribution in [0.3, 0.4) is 0 Å². The molecule has 6 N–H and O–H groups in total. The number of nitrogens with one attached hydrogen (secondary N) is 2. The molecule has 0 saturated heterocycles. The summed E-state index contributed by atoms with van der Waals surface area (Å²) in [4.78, 5) is 10.4. The van der Waals surface area contributed by atoms with Gasteiger partial charge in [-0.3, -0.25) is 4.79 Å². The number of primary amides is 1. The van der Waals surface area contributed by atoms with Crippen LogP contribution in [0.1, 0.15) is 0 Å². The summed E-state index contributed by atoms with van der Waals surface area (Å²) in [5.74, 6) is -0.208. The summed E-state index contributed by atoms with van der Waals surface area (Å²) in [6.45, 7) is 0.476. The molecule has 50 valence electrons. The summed E-state index contributed by atoms with van der Waals surface area (Å²) in [5, 5.41) is 5.37. The summed E-state index contributed by atoms with van der Waals surface area (Å²) >= 11 is 0. The molecule has 0 aliphatic carbocycles. The van der Waals surface area contributed by atoms with Crippen molar-refractivity contribution in [2.45, 2.75) is 0 Å². The van der Waals surface area contributed by atoms with Gasteiger partial charge >= 0.3 is 0 Å². The number of nitrogens with two attached hydrogens (primary N) is 2. The average Bonchev–Trinajstić information content (AvgIpc) is 2.13. The smallest absolute Gasteiger partial charge is 0.268 e. The van der Waals surface area contributed by atoms with Crippen LogP contribution in [-0.2, 0) is 4.79 Å². The van der Waals surface area contributed by atoms with Gasteiger partial charge in [0.2, 0.25) is 0 Å². The lowest BCUT2D eigenvalue weighted by Gasteiger charge is -1.93. The first-order valence-corrected chi connectivity index (χ1v) is 2.49. The van der Waals surface area contributed by atoms with Crippen molar-refractivity contribution in [1.82, 2.24) is 10.6 Å². The molecule has 0 atom stereocenters. The average molecular weight is 128 g/mol. The number of hydrogen-bond donors (Lipinski definition) is 4. The molecule has 1 aliphatic heterocycles. The topological polar surface area (TPSA) is 93.2 Å². The first-order valence-electron chi connectivity index (χ1n) is 2.49. The quantitative estimate of drug-likeness (QED) is 0.321. The van der Waals surface area contributed by atoms with Gasteiger partial charge in [-0.05, 0) is 0 Å². The molecule has 0 saturated carbocycles. The van der Waals surface area contributed by atoms with E-state index >= 15 is 0 Å². The molecule has 0 bridgehead atoms. The van der Waals surface area contributed by atoms with E-state index < -0.39 is 5.91 Å². The van der Waals surface area contributed by atoms with E-state index in [1.165, 1.54) is 0 Å². The molecule has 5 heteroatoms. The minimum absolute atomic E-state index is 0.273. The Labute approximate surface area is 52.1 Å². The highest BCUT2D eigenvalue weighted by Crippen LogP contribution is 1.94. The van der Waals surface area contributed by atoms with Crippen LogP contribution in [0, 0.1) is 0 Å². The van der Waals surface area contributed by atoms with Crippen LogP contribution in [0.2, 0.25) is 0 Å². The van der Waals surface area contributed by atoms with Crippen LogP contribution in [0.15, 0.2) is 11.5 Å². The Hall–Kier alpha value is -1.39. The Kier molecular flexibility index (Phi) is 1.18. The standard InChI is InChI=1S/C4H8N4O/c5-3-2(4(6)9)7-1-8-3/h7-8H,1,5H2,(H2,6,9). The van der Waals surface area contributed by atoms with Gasteiger partial charge in [-0.15, -0.1) is 0 Å². The Balaban J connectivity index is 2.78. The minimum atomic E-state index is -0.530. The van der Waals surface area contributed by atoms with Crippen molar-refractivity contribution < 1.29 is 4.79 Å². The number of carbonyl (C=O) groups is 1. The monoisotopic (exact) mass is 128 g/mol. The predicted molar refractivity (Wildman–Crippen MR) is 31.5 cm³/mol. The van der Waals surface area contributed by atoms with Crippen molar-refractivity contribution in [1.29, 1.82) is 0 Å². The maximum Gasteiger partial charge on any atom is 0.268 e. The van der Waals surface area contributed by atoms with E-state index in [0.717, 1.165) is 0 Å². The van der Waals surface area contributed by atoms with Crippen LogP contribution in [0.4, 0.5) is 0 Å². The van der Waals surface area contributed by atoms with E-state index in [1.54, 1.807) is 0 Å². The Morgan fingerprint density at radius 2 is 2.22 bits per heavy atom. The van der Waals surface area contributed by atoms with Crippen molar-refractivity contribution in [3.8, 4) is 0 Å². The van der Waals surface area contributed by atoms with Crippen molar-refractivity contribution in [3.05, 3.63) is 11.5 Å². The molecule has 1 rings (SSSR count). The molecule has 0 aromatic rings. The molecule has 0 fully saturated rings. The zero-order valence-electron chi connectivity index (χ0n) is 4.77. The summed E-state index contributed by atoms with van der Waals surface area (Å²) in [5.41, 5.74) is 10.5. The summed E-state index contributed by atoms with van der Waals surface area (Å²) in [6, 6.07) is 0. The molecular weight excluding hydrogens is 120 g/mol. The molecule has 0 aromatic heterocycles. The van der Waals surface area contributed by atoms with Crippen LogP contribution in [0.5, 0.6) is 0 Å². The lowest BCUT2D eigenvalue weighted by atomic mass is 10.4. The summed E-state index contributed by atoms with van der Waals surface area (Å²) < 4.78 is 0. The van der Waals surface area contributed by atoms with Gasteiger partial charge in [0.15, 0.2) is 0 Å². The molecule has 0 spiro atoms. The third kappa shape index (κ3) is 0.883. The highest BCUT2D eigenvalue weighted by atomic mass is 16.1. The largest absolute Gasteiger partial charge is 0.384 e. The van der Waals surface area contributed by atoms with E-state index in [0.29, 0.717) is 12.5 Å². The summed E-state index contributed by atoms with van der Waals surface area (Å²) in [6.07, 6.45) is 0. The van der Waals surface area contributed by atoms with E-state index in [-0.39, 0.29) is 5.70 Å². The SMILES string of the molecule is NC(=O)C1=C(N)NCN1. The highest BCUT2D eigenvalue weighted by Gasteiger charge is 2.13. The number of hydrogen-bond acceptors (Lipinski definition) is 4. The lowest BCUT2D eigenvalue weighted by Crippen LogP contribution is -2.24. The van der Waals surface area contributed by atoms with Crippen molar-refractivity contribution in [3.63, 3.8) is 0 Å². The minimum Gasteiger partial charge on any atom is -0.384 e. The van der Waals surface area contributed by atoms with E-state index in [2.05, 4.69) is 10.6 Å². The number of amides is 1. The first-order chi connectivity index (χ1) is 4.22. The molecule has 0 unspecified atom stereocenters. The third-order valence-electron chi connectivity index (χ3n) is 1.06. The zero-order valence-corrected chi connectivity index (χ0v) is 4.77. The summed E-state index contributed by atoms with van der Waals surface area (Å²) in [7, 11) is 0. The first kappa shape index (κ1) is 5.74. The van der Waals surface area contributed by atoms with E-state index in [1.807, 2.05) is 0 Å². The lowest BCUT2D eigenvalue weighted by molar-refractivity contribution is -0.114. The fourth-order valence-electron chi connectivity index (χ4n) is 0.631. The van der Waals surface area contributed by atoms with Crippen LogP contribution >= 0.6 is 0 Å². The van der Waals surface area contributed by atoms with Crippen molar-refractivity contribution in [2.24, 2.45) is 11.5 Å². The van der Waals surface area contributed by atoms with E-state index in [9.17, 15) is 4.79 Å². The Morgan fingerprint density at radius 1 is 1.56 bits per heavy atom. The molecule has 1 amide bonds. The number of rotatable bonds is 1. The van der Waals surface area contributed by atoms with Gasteiger partial charge in [0, 0.05) is 0 Å². The van der Waals surface area contributed by atoms with Gasteiger partial charge in [0.05, 0.1) is 6.67 Å². The maximum absolute atomic E-state index is 10.4. The van der Waals surface area contributed by atoms with E-state index in [4.69, 9.17) is 11.5 Å². The van der Waals surface area contributed by atoms with Crippen LogP contribution in [0.25, 0.3) is 0 Å². The van der Waals surface area contributed by atoms with Crippen molar-refractivity contribution in [2.75, 3.05) is 6.67 Å². The Morgan fingerprint density at radius 3 is 2.44 bits per heavy atom. The molecule has 1 heterocycles. The van der Waals surface area contributed by atoms with Gasteiger partial charge in [0.25, 0.3) is 5.91 Å². The van der Waals surface area contributed by atoms with Crippen LogP contribution in [-0.4, -0.2) is 12.6 Å². The van der Waals surface area contributed by atoms with Crippen molar-refractivity contribution >= 4 is 5.91 Å². The fourth-order valence-corrected chi connectivity index (χ4v) is 0.631. The third-order valence-corrected chi connectivity index (χ3v) is 1.06. The second kappa shape index (κ2) is 1.85. The fraction of sp³-hybridized carbons (Fsp3) is 0.250. The Bertz CT molecular complexity index is 173. The molecule has 9 heavy (non-hydrogen) atoms. The predicted octanol–water partition coefficient (Wildman–Crippen LogP) is -2.25. The van der Waals surface area contributed by atoms with Gasteiger partial charge in [0.1, 0.15) is 11.5 Å². The zero-order chi connectivity index (χ0) is 6.85. The van der Waals surface area contributed by atoms with Crippen LogP contribution < -0.4 is 22.1 Å². The van der Waals surface area contributed by atoms with Gasteiger partial charge in [-0.1, -0.05) is 0 Å².